The van der Waals surface area contributed by atoms with Gasteiger partial charge in [-0.05, 0) is 43.2 Å². The second kappa shape index (κ2) is 5.38. The predicted molar refractivity (Wildman–Crippen MR) is 80.7 cm³/mol. The average molecular weight is 304 g/mol. The van der Waals surface area contributed by atoms with E-state index >= 15 is 0 Å². The van der Waals surface area contributed by atoms with Gasteiger partial charge in [-0.1, -0.05) is 18.2 Å². The van der Waals surface area contributed by atoms with Crippen molar-refractivity contribution in [3.8, 4) is 11.5 Å². The van der Waals surface area contributed by atoms with Crippen molar-refractivity contribution in [2.75, 3.05) is 5.73 Å². The number of hydrogen-bond acceptors (Lipinski definition) is 4. The van der Waals surface area contributed by atoms with Crippen molar-refractivity contribution in [1.82, 2.24) is 4.72 Å². The van der Waals surface area contributed by atoms with Crippen LogP contribution in [0.5, 0.6) is 11.5 Å². The zero-order valence-corrected chi connectivity index (χ0v) is 12.1. The second-order valence-corrected chi connectivity index (χ2v) is 6.72. The standard InChI is InChI=1S/C15H16N2O3S/c16-14-10-13(21(18,19)17-11-6-7-11)8-9-15(14)20-12-4-2-1-3-5-12/h1-5,8-11,17H,6-7,16H2. The van der Waals surface area contributed by atoms with Crippen LogP contribution in [0.3, 0.4) is 0 Å². The third kappa shape index (κ3) is 3.34. The fraction of sp³-hybridized carbons (Fsp3) is 0.200. The Hall–Kier alpha value is -2.05. The predicted octanol–water partition coefficient (Wildman–Crippen LogP) is 2.50. The van der Waals surface area contributed by atoms with Gasteiger partial charge in [0.1, 0.15) is 11.5 Å². The molecule has 1 saturated carbocycles. The number of nitrogen functional groups attached to an aromatic ring is 1. The zero-order chi connectivity index (χ0) is 14.9. The van der Waals surface area contributed by atoms with Gasteiger partial charge in [0.15, 0.2) is 0 Å². The first-order valence-corrected chi connectivity index (χ1v) is 8.18. The summed E-state index contributed by atoms with van der Waals surface area (Å²) in [6.07, 6.45) is 1.79. The first-order valence-electron chi connectivity index (χ1n) is 6.69. The number of sulfonamides is 1. The molecule has 6 heteroatoms. The molecule has 110 valence electrons. The van der Waals surface area contributed by atoms with Crippen molar-refractivity contribution in [2.24, 2.45) is 0 Å². The second-order valence-electron chi connectivity index (χ2n) is 5.01. The lowest BCUT2D eigenvalue weighted by Crippen LogP contribution is -2.25. The van der Waals surface area contributed by atoms with Crippen LogP contribution in [0.1, 0.15) is 12.8 Å². The Morgan fingerprint density at radius 3 is 2.43 bits per heavy atom. The van der Waals surface area contributed by atoms with Gasteiger partial charge >= 0.3 is 0 Å². The largest absolute Gasteiger partial charge is 0.455 e. The van der Waals surface area contributed by atoms with Crippen molar-refractivity contribution in [3.63, 3.8) is 0 Å². The van der Waals surface area contributed by atoms with Gasteiger partial charge in [-0.3, -0.25) is 0 Å². The van der Waals surface area contributed by atoms with E-state index < -0.39 is 10.0 Å². The molecule has 0 bridgehead atoms. The van der Waals surface area contributed by atoms with Crippen molar-refractivity contribution < 1.29 is 13.2 Å². The van der Waals surface area contributed by atoms with Crippen LogP contribution in [-0.4, -0.2) is 14.5 Å². The van der Waals surface area contributed by atoms with Gasteiger partial charge in [0, 0.05) is 6.04 Å². The topological polar surface area (TPSA) is 81.4 Å². The van der Waals surface area contributed by atoms with Crippen molar-refractivity contribution in [1.29, 1.82) is 0 Å². The van der Waals surface area contributed by atoms with Crippen LogP contribution >= 0.6 is 0 Å². The molecule has 1 fully saturated rings. The fourth-order valence-electron chi connectivity index (χ4n) is 1.89. The average Bonchev–Trinajstić information content (AvgIpc) is 3.25. The highest BCUT2D eigenvalue weighted by Crippen LogP contribution is 2.30. The number of rotatable bonds is 5. The summed E-state index contributed by atoms with van der Waals surface area (Å²) in [5.41, 5.74) is 6.18. The van der Waals surface area contributed by atoms with E-state index in [0.717, 1.165) is 12.8 Å². The third-order valence-electron chi connectivity index (χ3n) is 3.16. The Morgan fingerprint density at radius 1 is 1.10 bits per heavy atom. The SMILES string of the molecule is Nc1cc(S(=O)(=O)NC2CC2)ccc1Oc1ccccc1. The number of anilines is 1. The minimum Gasteiger partial charge on any atom is -0.455 e. The molecule has 3 rings (SSSR count). The van der Waals surface area contributed by atoms with Gasteiger partial charge in [-0.25, -0.2) is 13.1 Å². The lowest BCUT2D eigenvalue weighted by atomic mass is 10.3. The Kier molecular flexibility index (Phi) is 3.57. The van der Waals surface area contributed by atoms with Gasteiger partial charge in [-0.15, -0.1) is 0 Å². The summed E-state index contributed by atoms with van der Waals surface area (Å²) in [5.74, 6) is 1.09. The molecule has 0 amide bonds. The van der Waals surface area contributed by atoms with Gasteiger partial charge in [-0.2, -0.15) is 0 Å². The van der Waals surface area contributed by atoms with E-state index in [9.17, 15) is 8.42 Å². The molecule has 0 aliphatic heterocycles. The molecular weight excluding hydrogens is 288 g/mol. The molecule has 0 heterocycles. The lowest BCUT2D eigenvalue weighted by molar-refractivity contribution is 0.484. The lowest BCUT2D eigenvalue weighted by Gasteiger charge is -2.11. The van der Waals surface area contributed by atoms with Gasteiger partial charge in [0.25, 0.3) is 0 Å². The highest BCUT2D eigenvalue weighted by atomic mass is 32.2. The van der Waals surface area contributed by atoms with E-state index in [0.29, 0.717) is 11.5 Å². The summed E-state index contributed by atoms with van der Waals surface area (Å²) in [7, 11) is -3.49. The van der Waals surface area contributed by atoms with Gasteiger partial charge in [0.05, 0.1) is 10.6 Å². The van der Waals surface area contributed by atoms with Gasteiger partial charge in [0.2, 0.25) is 10.0 Å². The van der Waals surface area contributed by atoms with Gasteiger partial charge < -0.3 is 10.5 Å². The molecule has 0 aromatic heterocycles. The molecule has 3 N–H and O–H groups in total. The maximum Gasteiger partial charge on any atom is 0.240 e. The van der Waals surface area contributed by atoms with E-state index in [1.807, 2.05) is 18.2 Å². The molecule has 1 aliphatic carbocycles. The summed E-state index contributed by atoms with van der Waals surface area (Å²) in [6.45, 7) is 0. The Labute approximate surface area is 123 Å². The normalized spacial score (nSPS) is 14.9. The van der Waals surface area contributed by atoms with Crippen LogP contribution in [0.4, 0.5) is 5.69 Å². The first-order chi connectivity index (χ1) is 10.0. The van der Waals surface area contributed by atoms with E-state index in [4.69, 9.17) is 10.5 Å². The molecule has 0 radical (unpaired) electrons. The third-order valence-corrected chi connectivity index (χ3v) is 4.68. The summed E-state index contributed by atoms with van der Waals surface area (Å²) in [5, 5.41) is 0. The molecule has 1 aliphatic rings. The van der Waals surface area contributed by atoms with Crippen LogP contribution in [0.25, 0.3) is 0 Å². The van der Waals surface area contributed by atoms with Crippen LogP contribution in [-0.2, 0) is 10.0 Å². The molecular formula is C15H16N2O3S. The summed E-state index contributed by atoms with van der Waals surface area (Å²) < 4.78 is 32.4. The summed E-state index contributed by atoms with van der Waals surface area (Å²) in [4.78, 5) is 0.160. The number of nitrogens with one attached hydrogen (secondary N) is 1. The van der Waals surface area contributed by atoms with E-state index in [-0.39, 0.29) is 16.6 Å². The maximum absolute atomic E-state index is 12.1. The number of benzene rings is 2. The zero-order valence-electron chi connectivity index (χ0n) is 11.3. The van der Waals surface area contributed by atoms with Crippen molar-refractivity contribution in [3.05, 3.63) is 48.5 Å². The van der Waals surface area contributed by atoms with Crippen LogP contribution in [0, 0.1) is 0 Å². The Morgan fingerprint density at radius 2 is 1.81 bits per heavy atom. The molecule has 5 nitrogen and oxygen atoms in total. The Balaban J connectivity index is 1.82. The minimum absolute atomic E-state index is 0.0662. The van der Waals surface area contributed by atoms with Crippen LogP contribution in [0.2, 0.25) is 0 Å². The fourth-order valence-corrected chi connectivity index (χ4v) is 3.23. The molecule has 2 aromatic carbocycles. The minimum atomic E-state index is -3.49. The molecule has 0 saturated heterocycles. The van der Waals surface area contributed by atoms with Crippen molar-refractivity contribution in [2.45, 2.75) is 23.8 Å². The molecule has 0 spiro atoms. The molecule has 21 heavy (non-hydrogen) atoms. The maximum atomic E-state index is 12.1. The summed E-state index contributed by atoms with van der Waals surface area (Å²) >= 11 is 0. The number of para-hydroxylation sites is 1. The number of nitrogens with two attached hydrogens (primary N) is 1. The molecule has 0 unspecified atom stereocenters. The first kappa shape index (κ1) is 13.9. The van der Waals surface area contributed by atoms with E-state index in [2.05, 4.69) is 4.72 Å². The highest BCUT2D eigenvalue weighted by Gasteiger charge is 2.28. The van der Waals surface area contributed by atoms with Crippen LogP contribution in [0.15, 0.2) is 53.4 Å². The highest BCUT2D eigenvalue weighted by molar-refractivity contribution is 7.89. The summed E-state index contributed by atoms with van der Waals surface area (Å²) in [6, 6.07) is 13.8. The molecule has 0 atom stereocenters. The molecule has 2 aromatic rings. The Bertz CT molecular complexity index is 741. The smallest absolute Gasteiger partial charge is 0.240 e. The number of ether oxygens (including phenoxy) is 1. The van der Waals surface area contributed by atoms with Crippen molar-refractivity contribution >= 4 is 15.7 Å². The number of hydrogen-bond donors (Lipinski definition) is 2. The quantitative estimate of drug-likeness (QED) is 0.832. The monoisotopic (exact) mass is 304 g/mol. The van der Waals surface area contributed by atoms with E-state index in [1.54, 1.807) is 18.2 Å². The van der Waals surface area contributed by atoms with E-state index in [1.165, 1.54) is 12.1 Å². The van der Waals surface area contributed by atoms with Crippen LogP contribution < -0.4 is 15.2 Å².